The summed E-state index contributed by atoms with van der Waals surface area (Å²) in [6, 6.07) is 3.16. The Labute approximate surface area is 126 Å². The van der Waals surface area contributed by atoms with Crippen LogP contribution in [0.4, 0.5) is 18.9 Å². The normalized spacial score (nSPS) is 18.2. The highest BCUT2D eigenvalue weighted by molar-refractivity contribution is 5.87. The summed E-state index contributed by atoms with van der Waals surface area (Å²) in [5.74, 6) is 0.154. The van der Waals surface area contributed by atoms with Crippen molar-refractivity contribution in [2.45, 2.75) is 18.6 Å². The van der Waals surface area contributed by atoms with Gasteiger partial charge in [0.1, 0.15) is 5.75 Å². The van der Waals surface area contributed by atoms with Crippen molar-refractivity contribution in [3.05, 3.63) is 36.4 Å². The van der Waals surface area contributed by atoms with Crippen LogP contribution >= 0.6 is 0 Å². The molecule has 1 aromatic rings. The number of hydrogen-bond donors (Lipinski definition) is 1. The Morgan fingerprint density at radius 2 is 2.23 bits per heavy atom. The number of nitrogens with one attached hydrogen (secondary N) is 1. The molecule has 1 amide bonds. The fraction of sp³-hybridized carbons (Fsp3) is 0.400. The van der Waals surface area contributed by atoms with Gasteiger partial charge in [-0.05, 0) is 30.7 Å². The van der Waals surface area contributed by atoms with Crippen LogP contribution in [0.15, 0.2) is 30.9 Å². The van der Waals surface area contributed by atoms with Crippen LogP contribution in [0, 0.1) is 0 Å². The Morgan fingerprint density at radius 3 is 2.82 bits per heavy atom. The Kier molecular flexibility index (Phi) is 4.63. The van der Waals surface area contributed by atoms with Crippen molar-refractivity contribution >= 4 is 11.6 Å². The number of benzene rings is 1. The molecule has 22 heavy (non-hydrogen) atoms. The quantitative estimate of drug-likeness (QED) is 0.869. The third-order valence-electron chi connectivity index (χ3n) is 3.56. The first kappa shape index (κ1) is 16.2. The van der Waals surface area contributed by atoms with E-state index in [2.05, 4.69) is 11.9 Å². The molecule has 0 radical (unpaired) electrons. The predicted molar refractivity (Wildman–Crippen MR) is 76.8 cm³/mol. The number of nitrogens with zero attached hydrogens (tertiary/aromatic N) is 1. The first-order valence-corrected chi connectivity index (χ1v) is 6.78. The van der Waals surface area contributed by atoms with Crippen LogP contribution in [0.5, 0.6) is 5.75 Å². The lowest BCUT2D eigenvalue weighted by molar-refractivity contribution is -0.137. The largest absolute Gasteiger partial charge is 0.495 e. The SMILES string of the molecule is C=CC(=O)N1CC[C@H](Nc2cc(C(F)(F)F)ccc2OC)C1. The summed E-state index contributed by atoms with van der Waals surface area (Å²) in [6.45, 7) is 4.39. The number of rotatable bonds is 4. The van der Waals surface area contributed by atoms with Gasteiger partial charge in [-0.15, -0.1) is 0 Å². The first-order chi connectivity index (χ1) is 10.3. The van der Waals surface area contributed by atoms with E-state index < -0.39 is 11.7 Å². The number of hydrogen-bond acceptors (Lipinski definition) is 3. The Morgan fingerprint density at radius 1 is 1.50 bits per heavy atom. The van der Waals surface area contributed by atoms with E-state index >= 15 is 0 Å². The minimum Gasteiger partial charge on any atom is -0.495 e. The second-order valence-corrected chi connectivity index (χ2v) is 5.03. The van der Waals surface area contributed by atoms with Crippen molar-refractivity contribution in [1.29, 1.82) is 0 Å². The summed E-state index contributed by atoms with van der Waals surface area (Å²) in [5, 5.41) is 3.03. The van der Waals surface area contributed by atoms with Gasteiger partial charge in [-0.2, -0.15) is 13.2 Å². The molecule has 0 unspecified atom stereocenters. The number of halogens is 3. The molecule has 1 fully saturated rings. The maximum absolute atomic E-state index is 12.8. The molecule has 2 rings (SSSR count). The maximum Gasteiger partial charge on any atom is 0.416 e. The number of methoxy groups -OCH3 is 1. The highest BCUT2D eigenvalue weighted by atomic mass is 19.4. The van der Waals surface area contributed by atoms with Gasteiger partial charge >= 0.3 is 6.18 Å². The van der Waals surface area contributed by atoms with Crippen molar-refractivity contribution in [3.8, 4) is 5.75 Å². The summed E-state index contributed by atoms with van der Waals surface area (Å²) in [4.78, 5) is 13.1. The van der Waals surface area contributed by atoms with E-state index in [0.29, 0.717) is 25.3 Å². The standard InChI is InChI=1S/C15H17F3N2O2/c1-3-14(21)20-7-6-11(9-20)19-12-8-10(15(16,17)18)4-5-13(12)22-2/h3-5,8,11,19H,1,6-7,9H2,2H3/t11-/m0/s1. The average molecular weight is 314 g/mol. The number of alkyl halides is 3. The van der Waals surface area contributed by atoms with Gasteiger partial charge in [0.25, 0.3) is 0 Å². The molecule has 1 heterocycles. The molecule has 0 aromatic heterocycles. The van der Waals surface area contributed by atoms with Crippen LogP contribution < -0.4 is 10.1 Å². The first-order valence-electron chi connectivity index (χ1n) is 6.78. The molecular weight excluding hydrogens is 297 g/mol. The number of likely N-dealkylation sites (tertiary alicyclic amines) is 1. The highest BCUT2D eigenvalue weighted by Crippen LogP contribution is 2.35. The lowest BCUT2D eigenvalue weighted by Gasteiger charge is -2.19. The number of carbonyl (C=O) groups excluding carboxylic acids is 1. The summed E-state index contributed by atoms with van der Waals surface area (Å²) in [7, 11) is 1.40. The zero-order valence-corrected chi connectivity index (χ0v) is 12.1. The van der Waals surface area contributed by atoms with Crippen LogP contribution in [-0.4, -0.2) is 37.0 Å². The number of ether oxygens (including phenoxy) is 1. The lowest BCUT2D eigenvalue weighted by Crippen LogP contribution is -2.30. The molecule has 4 nitrogen and oxygen atoms in total. The zero-order chi connectivity index (χ0) is 16.3. The summed E-state index contributed by atoms with van der Waals surface area (Å²) < 4.78 is 43.5. The molecular formula is C15H17F3N2O2. The summed E-state index contributed by atoms with van der Waals surface area (Å²) in [6.07, 6.45) is -2.53. The summed E-state index contributed by atoms with van der Waals surface area (Å²) >= 11 is 0. The highest BCUT2D eigenvalue weighted by Gasteiger charge is 2.32. The lowest BCUT2D eigenvalue weighted by atomic mass is 10.1. The second kappa shape index (κ2) is 6.29. The van der Waals surface area contributed by atoms with Crippen LogP contribution in [-0.2, 0) is 11.0 Å². The van der Waals surface area contributed by atoms with Gasteiger partial charge in [0, 0.05) is 19.1 Å². The van der Waals surface area contributed by atoms with Gasteiger partial charge in [0.2, 0.25) is 5.91 Å². The molecule has 1 saturated heterocycles. The monoisotopic (exact) mass is 314 g/mol. The van der Waals surface area contributed by atoms with E-state index in [1.807, 2.05) is 0 Å². The molecule has 7 heteroatoms. The van der Waals surface area contributed by atoms with Crippen molar-refractivity contribution in [3.63, 3.8) is 0 Å². The van der Waals surface area contributed by atoms with E-state index in [9.17, 15) is 18.0 Å². The molecule has 1 N–H and O–H groups in total. The number of carbonyl (C=O) groups is 1. The van der Waals surface area contributed by atoms with Gasteiger partial charge in [-0.3, -0.25) is 4.79 Å². The molecule has 0 saturated carbocycles. The molecule has 1 aromatic carbocycles. The molecule has 1 atom stereocenters. The van der Waals surface area contributed by atoms with E-state index in [-0.39, 0.29) is 17.6 Å². The molecule has 120 valence electrons. The Bertz CT molecular complexity index is 572. The maximum atomic E-state index is 12.8. The van der Waals surface area contributed by atoms with Gasteiger partial charge < -0.3 is 15.0 Å². The average Bonchev–Trinajstić information content (AvgIpc) is 2.94. The fourth-order valence-electron chi connectivity index (χ4n) is 2.42. The van der Waals surface area contributed by atoms with Gasteiger partial charge in [0.15, 0.2) is 0 Å². The van der Waals surface area contributed by atoms with Gasteiger partial charge in [0.05, 0.1) is 18.4 Å². The predicted octanol–water partition coefficient (Wildman–Crippen LogP) is 2.91. The van der Waals surface area contributed by atoms with Crippen molar-refractivity contribution in [2.75, 3.05) is 25.5 Å². The van der Waals surface area contributed by atoms with Crippen LogP contribution in [0.3, 0.4) is 0 Å². The van der Waals surface area contributed by atoms with E-state index in [4.69, 9.17) is 4.74 Å². The number of anilines is 1. The Hall–Kier alpha value is -2.18. The minimum atomic E-state index is -4.41. The van der Waals surface area contributed by atoms with Gasteiger partial charge in [-0.1, -0.05) is 6.58 Å². The molecule has 0 bridgehead atoms. The van der Waals surface area contributed by atoms with Crippen LogP contribution in [0.2, 0.25) is 0 Å². The summed E-state index contributed by atoms with van der Waals surface area (Å²) in [5.41, 5.74) is -0.469. The van der Waals surface area contributed by atoms with Gasteiger partial charge in [-0.25, -0.2) is 0 Å². The Balaban J connectivity index is 2.15. The smallest absolute Gasteiger partial charge is 0.416 e. The minimum absolute atomic E-state index is 0.124. The third kappa shape index (κ3) is 3.52. The topological polar surface area (TPSA) is 41.6 Å². The second-order valence-electron chi connectivity index (χ2n) is 5.03. The third-order valence-corrected chi connectivity index (χ3v) is 3.56. The molecule has 0 spiro atoms. The number of amides is 1. The van der Waals surface area contributed by atoms with Crippen molar-refractivity contribution in [2.24, 2.45) is 0 Å². The van der Waals surface area contributed by atoms with Crippen LogP contribution in [0.25, 0.3) is 0 Å². The van der Waals surface area contributed by atoms with E-state index in [1.165, 1.54) is 19.3 Å². The van der Waals surface area contributed by atoms with E-state index in [1.54, 1.807) is 4.90 Å². The fourth-order valence-corrected chi connectivity index (χ4v) is 2.42. The molecule has 0 aliphatic carbocycles. The zero-order valence-electron chi connectivity index (χ0n) is 12.1. The molecule has 1 aliphatic rings. The van der Waals surface area contributed by atoms with E-state index in [0.717, 1.165) is 12.1 Å². The van der Waals surface area contributed by atoms with Crippen LogP contribution in [0.1, 0.15) is 12.0 Å². The molecule has 1 aliphatic heterocycles. The van der Waals surface area contributed by atoms with Crippen molar-refractivity contribution in [1.82, 2.24) is 4.90 Å². The van der Waals surface area contributed by atoms with Crippen molar-refractivity contribution < 1.29 is 22.7 Å².